The third kappa shape index (κ3) is 3.37. The monoisotopic (exact) mass is 219 g/mol. The van der Waals surface area contributed by atoms with E-state index in [2.05, 4.69) is 13.8 Å². The molecule has 2 heteroatoms. The smallest absolute Gasteiger partial charge is 0.163 e. The molecule has 1 rings (SSSR count). The van der Waals surface area contributed by atoms with Gasteiger partial charge in [0.2, 0.25) is 0 Å². The number of hydrogen-bond acceptors (Lipinski definition) is 2. The van der Waals surface area contributed by atoms with E-state index in [1.54, 1.807) is 0 Å². The van der Waals surface area contributed by atoms with Gasteiger partial charge in [0, 0.05) is 31.8 Å². The van der Waals surface area contributed by atoms with Crippen molar-refractivity contribution < 1.29 is 4.79 Å². The van der Waals surface area contributed by atoms with E-state index in [1.807, 2.05) is 43.3 Å². The molecule has 0 heterocycles. The standard InChI is InChI=1S/C14H21NO/c1-5-11(2)10-14(16)12-6-8-13(9-7-12)15(3)4/h6-9,11H,5,10H2,1-4H3. The van der Waals surface area contributed by atoms with Gasteiger partial charge < -0.3 is 4.90 Å². The predicted molar refractivity (Wildman–Crippen MR) is 69.2 cm³/mol. The van der Waals surface area contributed by atoms with Crippen molar-refractivity contribution in [3.8, 4) is 0 Å². The first-order valence-electron chi connectivity index (χ1n) is 5.85. The highest BCUT2D eigenvalue weighted by Crippen LogP contribution is 2.16. The fraction of sp³-hybridized carbons (Fsp3) is 0.500. The van der Waals surface area contributed by atoms with Gasteiger partial charge in [-0.2, -0.15) is 0 Å². The number of Topliss-reactive ketones (excluding diaryl/α,β-unsaturated/α-hetero) is 1. The van der Waals surface area contributed by atoms with Gasteiger partial charge in [-0.25, -0.2) is 0 Å². The average Bonchev–Trinajstić information content (AvgIpc) is 2.28. The van der Waals surface area contributed by atoms with Crippen molar-refractivity contribution in [1.82, 2.24) is 0 Å². The maximum absolute atomic E-state index is 11.9. The quantitative estimate of drug-likeness (QED) is 0.708. The molecule has 0 amide bonds. The lowest BCUT2D eigenvalue weighted by atomic mass is 9.98. The number of carbonyl (C=O) groups is 1. The zero-order chi connectivity index (χ0) is 12.1. The molecule has 0 aliphatic carbocycles. The van der Waals surface area contributed by atoms with E-state index in [0.29, 0.717) is 12.3 Å². The maximum atomic E-state index is 11.9. The van der Waals surface area contributed by atoms with Gasteiger partial charge in [0.25, 0.3) is 0 Å². The van der Waals surface area contributed by atoms with Crippen LogP contribution in [0.15, 0.2) is 24.3 Å². The molecular formula is C14H21NO. The molecule has 1 aromatic rings. The highest BCUT2D eigenvalue weighted by molar-refractivity contribution is 5.96. The Labute approximate surface area is 98.3 Å². The molecule has 1 aromatic carbocycles. The number of ketones is 1. The van der Waals surface area contributed by atoms with Crippen LogP contribution in [0.3, 0.4) is 0 Å². The Bertz CT molecular complexity index is 340. The summed E-state index contributed by atoms with van der Waals surface area (Å²) in [7, 11) is 3.99. The third-order valence-electron chi connectivity index (χ3n) is 2.94. The van der Waals surface area contributed by atoms with Crippen molar-refractivity contribution in [2.75, 3.05) is 19.0 Å². The number of carbonyl (C=O) groups excluding carboxylic acids is 1. The lowest BCUT2D eigenvalue weighted by Crippen LogP contribution is -2.09. The van der Waals surface area contributed by atoms with Gasteiger partial charge in [-0.1, -0.05) is 20.3 Å². The van der Waals surface area contributed by atoms with Gasteiger partial charge in [0.15, 0.2) is 5.78 Å². The molecule has 0 aliphatic heterocycles. The van der Waals surface area contributed by atoms with E-state index < -0.39 is 0 Å². The Hall–Kier alpha value is -1.31. The maximum Gasteiger partial charge on any atom is 0.163 e. The number of anilines is 1. The van der Waals surface area contributed by atoms with Crippen molar-refractivity contribution in [3.05, 3.63) is 29.8 Å². The Balaban J connectivity index is 2.70. The molecule has 0 fully saturated rings. The molecule has 0 bridgehead atoms. The summed E-state index contributed by atoms with van der Waals surface area (Å²) in [5, 5.41) is 0. The largest absolute Gasteiger partial charge is 0.378 e. The molecule has 0 N–H and O–H groups in total. The van der Waals surface area contributed by atoms with Crippen LogP contribution in [0, 0.1) is 5.92 Å². The summed E-state index contributed by atoms with van der Waals surface area (Å²) in [6.07, 6.45) is 1.71. The molecule has 1 atom stereocenters. The van der Waals surface area contributed by atoms with E-state index in [-0.39, 0.29) is 5.78 Å². The van der Waals surface area contributed by atoms with Gasteiger partial charge >= 0.3 is 0 Å². The van der Waals surface area contributed by atoms with Gasteiger partial charge in [0.05, 0.1) is 0 Å². The van der Waals surface area contributed by atoms with Crippen LogP contribution in [0.1, 0.15) is 37.0 Å². The second-order valence-electron chi connectivity index (χ2n) is 4.58. The zero-order valence-electron chi connectivity index (χ0n) is 10.7. The molecule has 0 saturated carbocycles. The fourth-order valence-electron chi connectivity index (χ4n) is 1.52. The van der Waals surface area contributed by atoms with E-state index in [4.69, 9.17) is 0 Å². The Morgan fingerprint density at radius 1 is 1.25 bits per heavy atom. The molecule has 0 saturated heterocycles. The van der Waals surface area contributed by atoms with Crippen LogP contribution in [0.25, 0.3) is 0 Å². The van der Waals surface area contributed by atoms with Crippen molar-refractivity contribution >= 4 is 11.5 Å². The average molecular weight is 219 g/mol. The summed E-state index contributed by atoms with van der Waals surface area (Å²) in [4.78, 5) is 13.9. The number of nitrogens with zero attached hydrogens (tertiary/aromatic N) is 1. The fourth-order valence-corrected chi connectivity index (χ4v) is 1.52. The summed E-state index contributed by atoms with van der Waals surface area (Å²) in [5.41, 5.74) is 1.95. The number of rotatable bonds is 5. The molecule has 0 spiro atoms. The minimum absolute atomic E-state index is 0.250. The topological polar surface area (TPSA) is 20.3 Å². The van der Waals surface area contributed by atoms with Crippen LogP contribution in [0.2, 0.25) is 0 Å². The van der Waals surface area contributed by atoms with E-state index in [0.717, 1.165) is 17.7 Å². The van der Waals surface area contributed by atoms with Gasteiger partial charge in [-0.3, -0.25) is 4.79 Å². The van der Waals surface area contributed by atoms with Crippen LogP contribution in [-0.2, 0) is 0 Å². The van der Waals surface area contributed by atoms with Crippen LogP contribution < -0.4 is 4.90 Å². The van der Waals surface area contributed by atoms with E-state index in [1.165, 1.54) is 0 Å². The Kier molecular flexibility index (Phi) is 4.53. The molecule has 88 valence electrons. The zero-order valence-corrected chi connectivity index (χ0v) is 10.7. The molecule has 1 unspecified atom stereocenters. The number of benzene rings is 1. The first kappa shape index (κ1) is 12.8. The Morgan fingerprint density at radius 3 is 2.25 bits per heavy atom. The Morgan fingerprint density at radius 2 is 1.81 bits per heavy atom. The van der Waals surface area contributed by atoms with Crippen LogP contribution in [0.4, 0.5) is 5.69 Å². The van der Waals surface area contributed by atoms with Crippen molar-refractivity contribution in [2.24, 2.45) is 5.92 Å². The van der Waals surface area contributed by atoms with E-state index in [9.17, 15) is 4.79 Å². The van der Waals surface area contributed by atoms with Crippen molar-refractivity contribution in [1.29, 1.82) is 0 Å². The minimum Gasteiger partial charge on any atom is -0.378 e. The first-order valence-corrected chi connectivity index (χ1v) is 5.85. The molecule has 0 aromatic heterocycles. The predicted octanol–water partition coefficient (Wildman–Crippen LogP) is 3.37. The molecule has 2 nitrogen and oxygen atoms in total. The van der Waals surface area contributed by atoms with Gasteiger partial charge in [0.1, 0.15) is 0 Å². The van der Waals surface area contributed by atoms with Gasteiger partial charge in [-0.05, 0) is 30.2 Å². The second kappa shape index (κ2) is 5.69. The first-order chi connectivity index (χ1) is 7.54. The summed E-state index contributed by atoms with van der Waals surface area (Å²) in [5.74, 6) is 0.723. The summed E-state index contributed by atoms with van der Waals surface area (Å²) < 4.78 is 0. The summed E-state index contributed by atoms with van der Waals surface area (Å²) >= 11 is 0. The SMILES string of the molecule is CCC(C)CC(=O)c1ccc(N(C)C)cc1. The third-order valence-corrected chi connectivity index (χ3v) is 2.94. The van der Waals surface area contributed by atoms with E-state index >= 15 is 0 Å². The van der Waals surface area contributed by atoms with Gasteiger partial charge in [-0.15, -0.1) is 0 Å². The summed E-state index contributed by atoms with van der Waals surface area (Å²) in [6, 6.07) is 7.81. The minimum atomic E-state index is 0.250. The molecule has 0 radical (unpaired) electrons. The molecular weight excluding hydrogens is 198 g/mol. The van der Waals surface area contributed by atoms with Crippen molar-refractivity contribution in [2.45, 2.75) is 26.7 Å². The lowest BCUT2D eigenvalue weighted by Gasteiger charge is -2.13. The summed E-state index contributed by atoms with van der Waals surface area (Å²) in [6.45, 7) is 4.24. The van der Waals surface area contributed by atoms with Crippen molar-refractivity contribution in [3.63, 3.8) is 0 Å². The molecule has 0 aliphatic rings. The van der Waals surface area contributed by atoms with Crippen LogP contribution in [-0.4, -0.2) is 19.9 Å². The number of hydrogen-bond donors (Lipinski definition) is 0. The lowest BCUT2D eigenvalue weighted by molar-refractivity contribution is 0.0963. The van der Waals surface area contributed by atoms with Crippen LogP contribution in [0.5, 0.6) is 0 Å². The highest BCUT2D eigenvalue weighted by atomic mass is 16.1. The van der Waals surface area contributed by atoms with Crippen LogP contribution >= 0.6 is 0 Å². The normalized spacial score (nSPS) is 12.2. The second-order valence-corrected chi connectivity index (χ2v) is 4.58. The molecule has 16 heavy (non-hydrogen) atoms. The highest BCUT2D eigenvalue weighted by Gasteiger charge is 2.09.